The number of hydrogen-bond acceptors (Lipinski definition) is 6. The molecule has 1 aliphatic rings. The number of hydrogen-bond donors (Lipinski definition) is 0. The summed E-state index contributed by atoms with van der Waals surface area (Å²) in [6.07, 6.45) is -0.698. The number of esters is 1. The van der Waals surface area contributed by atoms with Crippen LogP contribution < -0.4 is 9.64 Å². The Morgan fingerprint density at radius 1 is 1.05 bits per heavy atom. The highest BCUT2D eigenvalue weighted by molar-refractivity contribution is 7.89. The first kappa shape index (κ1) is 26.9. The Hall–Kier alpha value is -3.11. The molecule has 11 heteroatoms. The summed E-state index contributed by atoms with van der Waals surface area (Å²) in [5, 5.41) is 0.185. The Bertz CT molecular complexity index is 1400. The number of rotatable bonds is 8. The lowest BCUT2D eigenvalue weighted by molar-refractivity contribution is -0.148. The van der Waals surface area contributed by atoms with Gasteiger partial charge in [-0.05, 0) is 42.3 Å². The zero-order valence-electron chi connectivity index (χ0n) is 19.8. The molecule has 1 heterocycles. The molecule has 37 heavy (non-hydrogen) atoms. The van der Waals surface area contributed by atoms with Crippen molar-refractivity contribution in [1.29, 1.82) is 0 Å². The molecule has 0 bridgehead atoms. The molecule has 0 radical (unpaired) electrons. The van der Waals surface area contributed by atoms with Crippen LogP contribution in [-0.4, -0.2) is 57.4 Å². The molecule has 194 valence electrons. The Labute approximate surface area is 225 Å². The Morgan fingerprint density at radius 3 is 2.49 bits per heavy atom. The Morgan fingerprint density at radius 2 is 1.76 bits per heavy atom. The van der Waals surface area contributed by atoms with E-state index in [2.05, 4.69) is 0 Å². The van der Waals surface area contributed by atoms with Crippen molar-refractivity contribution in [1.82, 2.24) is 4.31 Å². The third-order valence-electron chi connectivity index (χ3n) is 5.85. The molecule has 1 atom stereocenters. The summed E-state index contributed by atoms with van der Waals surface area (Å²) >= 11 is 12.3. The zero-order valence-corrected chi connectivity index (χ0v) is 22.2. The van der Waals surface area contributed by atoms with Gasteiger partial charge in [-0.1, -0.05) is 65.7 Å². The summed E-state index contributed by atoms with van der Waals surface area (Å²) in [7, 11) is -3.00. The van der Waals surface area contributed by atoms with Crippen LogP contribution in [-0.2, 0) is 30.8 Å². The third-order valence-corrected chi connectivity index (χ3v) is 8.42. The molecule has 3 aromatic rings. The molecular formula is C26H24Cl2N2O6S. The van der Waals surface area contributed by atoms with Crippen LogP contribution in [0.25, 0.3) is 0 Å². The van der Waals surface area contributed by atoms with E-state index in [-0.39, 0.29) is 28.0 Å². The van der Waals surface area contributed by atoms with Crippen molar-refractivity contribution in [2.24, 2.45) is 0 Å². The monoisotopic (exact) mass is 562 g/mol. The minimum absolute atomic E-state index is 0.00729. The van der Waals surface area contributed by atoms with Gasteiger partial charge in [0.1, 0.15) is 10.6 Å². The van der Waals surface area contributed by atoms with Crippen LogP contribution in [0.2, 0.25) is 10.0 Å². The molecule has 1 aliphatic heterocycles. The quantitative estimate of drug-likeness (QED) is 0.382. The summed E-state index contributed by atoms with van der Waals surface area (Å²) in [5.41, 5.74) is 1.32. The fourth-order valence-corrected chi connectivity index (χ4v) is 6.09. The van der Waals surface area contributed by atoms with Gasteiger partial charge in [-0.25, -0.2) is 13.2 Å². The van der Waals surface area contributed by atoms with E-state index in [1.54, 1.807) is 24.3 Å². The first-order valence-corrected chi connectivity index (χ1v) is 13.5. The molecule has 1 amide bonds. The lowest BCUT2D eigenvalue weighted by Gasteiger charge is -2.34. The van der Waals surface area contributed by atoms with Crippen LogP contribution in [0.1, 0.15) is 5.56 Å². The summed E-state index contributed by atoms with van der Waals surface area (Å²) in [6, 6.07) is 20.2. The van der Waals surface area contributed by atoms with E-state index in [1.165, 1.54) is 30.2 Å². The number of methoxy groups -OCH3 is 1. The molecule has 0 saturated carbocycles. The fraction of sp³-hybridized carbons (Fsp3) is 0.231. The van der Waals surface area contributed by atoms with Gasteiger partial charge in [0, 0.05) is 11.6 Å². The predicted octanol–water partition coefficient (Wildman–Crippen LogP) is 4.19. The van der Waals surface area contributed by atoms with Gasteiger partial charge in [0.2, 0.25) is 22.0 Å². The third kappa shape index (κ3) is 6.07. The van der Waals surface area contributed by atoms with Crippen LogP contribution in [0.4, 0.5) is 5.69 Å². The smallest absolute Gasteiger partial charge is 0.348 e. The minimum Gasteiger partial charge on any atom is -0.475 e. The number of halogens is 2. The topological polar surface area (TPSA) is 93.2 Å². The number of fused-ring (bicyclic) bond motifs is 1. The number of amides is 1. The maximum Gasteiger partial charge on any atom is 0.348 e. The lowest BCUT2D eigenvalue weighted by atomic mass is 10.1. The molecule has 0 saturated heterocycles. The van der Waals surface area contributed by atoms with Crippen LogP contribution in [0.15, 0.2) is 77.7 Å². The average Bonchev–Trinajstić information content (AvgIpc) is 2.91. The fourth-order valence-electron chi connectivity index (χ4n) is 3.96. The summed E-state index contributed by atoms with van der Waals surface area (Å²) in [4.78, 5) is 27.0. The molecule has 8 nitrogen and oxygen atoms in total. The minimum atomic E-state index is -4.22. The number of carbonyl (C=O) groups is 2. The van der Waals surface area contributed by atoms with Crippen molar-refractivity contribution in [2.75, 3.05) is 31.6 Å². The highest BCUT2D eigenvalue weighted by Gasteiger charge is 2.37. The largest absolute Gasteiger partial charge is 0.475 e. The number of benzene rings is 3. The van der Waals surface area contributed by atoms with E-state index in [0.717, 1.165) is 9.87 Å². The molecule has 0 spiro atoms. The Balaban J connectivity index is 1.67. The van der Waals surface area contributed by atoms with Crippen molar-refractivity contribution in [3.8, 4) is 5.75 Å². The normalized spacial score (nSPS) is 15.1. The van der Waals surface area contributed by atoms with E-state index >= 15 is 0 Å². The average molecular weight is 563 g/mol. The van der Waals surface area contributed by atoms with Gasteiger partial charge >= 0.3 is 5.97 Å². The second-order valence-corrected chi connectivity index (χ2v) is 11.0. The lowest BCUT2D eigenvalue weighted by Crippen LogP contribution is -2.51. The van der Waals surface area contributed by atoms with Gasteiger partial charge in [-0.15, -0.1) is 0 Å². The number of nitrogens with zero attached hydrogens (tertiary/aromatic N) is 2. The number of sulfonamides is 1. The second kappa shape index (κ2) is 11.5. The standard InChI is InChI=1S/C26H24Cl2N2O6S/c1-35-26(32)23-16-30(21-9-5-6-10-22(21)36-23)25(31)17-29(14-13-18-7-3-2-4-8-18)37(33,34)24-15-19(27)11-12-20(24)28/h2-12,15,23H,13-14,16-17H2,1H3/t23-/m0/s1. The van der Waals surface area contributed by atoms with Gasteiger partial charge in [-0.3, -0.25) is 4.79 Å². The number of anilines is 1. The van der Waals surface area contributed by atoms with Crippen LogP contribution >= 0.6 is 23.2 Å². The first-order chi connectivity index (χ1) is 17.7. The van der Waals surface area contributed by atoms with Crippen molar-refractivity contribution in [3.63, 3.8) is 0 Å². The van der Waals surface area contributed by atoms with E-state index in [0.29, 0.717) is 17.9 Å². The molecule has 4 rings (SSSR count). The van der Waals surface area contributed by atoms with Gasteiger partial charge < -0.3 is 14.4 Å². The number of carbonyl (C=O) groups excluding carboxylic acids is 2. The molecule has 3 aromatic carbocycles. The van der Waals surface area contributed by atoms with Crippen molar-refractivity contribution < 1.29 is 27.5 Å². The van der Waals surface area contributed by atoms with E-state index in [1.807, 2.05) is 30.3 Å². The molecule has 0 aromatic heterocycles. The van der Waals surface area contributed by atoms with Crippen LogP contribution in [0.5, 0.6) is 5.75 Å². The predicted molar refractivity (Wildman–Crippen MR) is 141 cm³/mol. The summed E-state index contributed by atoms with van der Waals surface area (Å²) < 4.78 is 39.0. The highest BCUT2D eigenvalue weighted by Crippen LogP contribution is 2.34. The van der Waals surface area contributed by atoms with Crippen molar-refractivity contribution >= 4 is 50.8 Å². The van der Waals surface area contributed by atoms with E-state index < -0.39 is 34.5 Å². The summed E-state index contributed by atoms with van der Waals surface area (Å²) in [5.74, 6) is -0.875. The maximum atomic E-state index is 13.7. The Kier molecular flexibility index (Phi) is 8.39. The molecule has 0 fully saturated rings. The number of ether oxygens (including phenoxy) is 2. The van der Waals surface area contributed by atoms with Gasteiger partial charge in [0.05, 0.1) is 30.9 Å². The number of para-hydroxylation sites is 2. The first-order valence-electron chi connectivity index (χ1n) is 11.3. The van der Waals surface area contributed by atoms with E-state index in [4.69, 9.17) is 32.7 Å². The highest BCUT2D eigenvalue weighted by atomic mass is 35.5. The van der Waals surface area contributed by atoms with Crippen LogP contribution in [0.3, 0.4) is 0 Å². The van der Waals surface area contributed by atoms with Crippen molar-refractivity contribution in [2.45, 2.75) is 17.4 Å². The van der Waals surface area contributed by atoms with Gasteiger partial charge in [0.25, 0.3) is 0 Å². The van der Waals surface area contributed by atoms with Crippen LogP contribution in [0, 0.1) is 0 Å². The molecule has 0 unspecified atom stereocenters. The SMILES string of the molecule is COC(=O)[C@@H]1CN(C(=O)CN(CCc2ccccc2)S(=O)(=O)c2cc(Cl)ccc2Cl)c2ccccc2O1. The second-order valence-electron chi connectivity index (χ2n) is 8.25. The van der Waals surface area contributed by atoms with Crippen molar-refractivity contribution in [3.05, 3.63) is 88.4 Å². The van der Waals surface area contributed by atoms with E-state index in [9.17, 15) is 18.0 Å². The van der Waals surface area contributed by atoms with Gasteiger partial charge in [-0.2, -0.15) is 4.31 Å². The molecule has 0 aliphatic carbocycles. The molecule has 0 N–H and O–H groups in total. The molecular weight excluding hydrogens is 539 g/mol. The van der Waals surface area contributed by atoms with Gasteiger partial charge in [0.15, 0.2) is 0 Å². The zero-order chi connectivity index (χ0) is 26.6. The maximum absolute atomic E-state index is 13.7. The summed E-state index contributed by atoms with van der Waals surface area (Å²) in [6.45, 7) is -0.624.